The maximum Gasteiger partial charge on any atom is 0.103 e. The topological polar surface area (TPSA) is 25.2 Å². The molecular formula is C14H23NOS. The summed E-state index contributed by atoms with van der Waals surface area (Å²) in [5, 5.41) is 3.66. The highest BCUT2D eigenvalue weighted by atomic mass is 32.2. The van der Waals surface area contributed by atoms with Crippen LogP contribution in [0.3, 0.4) is 0 Å². The summed E-state index contributed by atoms with van der Waals surface area (Å²) in [4.78, 5) is 0. The fourth-order valence-corrected chi connectivity index (χ4v) is 3.44. The van der Waals surface area contributed by atoms with Crippen molar-refractivity contribution in [3.05, 3.63) is 24.2 Å². The van der Waals surface area contributed by atoms with Crippen LogP contribution in [0.25, 0.3) is 0 Å². The molecule has 1 aliphatic heterocycles. The number of hydrogen-bond donors (Lipinski definition) is 1. The molecule has 2 nitrogen and oxygen atoms in total. The SMILES string of the molecule is CC(CCc1ccco1)NCC1CCSCC1. The van der Waals surface area contributed by atoms with Crippen LogP contribution in [-0.2, 0) is 6.42 Å². The summed E-state index contributed by atoms with van der Waals surface area (Å²) in [6.07, 6.45) is 6.74. The highest BCUT2D eigenvalue weighted by Gasteiger charge is 2.14. The van der Waals surface area contributed by atoms with Gasteiger partial charge in [0.15, 0.2) is 0 Å². The van der Waals surface area contributed by atoms with Crippen molar-refractivity contribution in [1.29, 1.82) is 0 Å². The third-order valence-electron chi connectivity index (χ3n) is 3.50. The molecule has 0 spiro atoms. The summed E-state index contributed by atoms with van der Waals surface area (Å²) in [5.74, 6) is 4.72. The molecule has 1 N–H and O–H groups in total. The summed E-state index contributed by atoms with van der Waals surface area (Å²) in [7, 11) is 0. The third-order valence-corrected chi connectivity index (χ3v) is 4.55. The molecule has 0 aromatic carbocycles. The Hall–Kier alpha value is -0.410. The van der Waals surface area contributed by atoms with Gasteiger partial charge < -0.3 is 9.73 Å². The normalized spacial score (nSPS) is 19.4. The molecule has 3 heteroatoms. The molecule has 0 radical (unpaired) electrons. The zero-order valence-electron chi connectivity index (χ0n) is 10.7. The second kappa shape index (κ2) is 7.12. The van der Waals surface area contributed by atoms with E-state index in [0.717, 1.165) is 24.5 Å². The summed E-state index contributed by atoms with van der Waals surface area (Å²) >= 11 is 2.10. The Morgan fingerprint density at radius 2 is 2.29 bits per heavy atom. The smallest absolute Gasteiger partial charge is 0.103 e. The van der Waals surface area contributed by atoms with Crippen molar-refractivity contribution in [2.75, 3.05) is 18.1 Å². The quantitative estimate of drug-likeness (QED) is 0.842. The van der Waals surface area contributed by atoms with Gasteiger partial charge >= 0.3 is 0 Å². The first-order chi connectivity index (χ1) is 8.34. The van der Waals surface area contributed by atoms with Crippen LogP contribution in [0.15, 0.2) is 22.8 Å². The standard InChI is InChI=1S/C14H23NOS/c1-12(4-5-14-3-2-8-16-14)15-11-13-6-9-17-10-7-13/h2-3,8,12-13,15H,4-7,9-11H2,1H3. The van der Waals surface area contributed by atoms with Gasteiger partial charge in [-0.2, -0.15) is 11.8 Å². The maximum absolute atomic E-state index is 5.35. The van der Waals surface area contributed by atoms with E-state index in [2.05, 4.69) is 30.1 Å². The Balaban J connectivity index is 1.58. The summed E-state index contributed by atoms with van der Waals surface area (Å²) in [6, 6.07) is 4.62. The molecule has 17 heavy (non-hydrogen) atoms. The van der Waals surface area contributed by atoms with E-state index in [1.165, 1.54) is 30.9 Å². The van der Waals surface area contributed by atoms with E-state index in [-0.39, 0.29) is 0 Å². The van der Waals surface area contributed by atoms with E-state index in [1.807, 2.05) is 6.07 Å². The Morgan fingerprint density at radius 1 is 1.47 bits per heavy atom. The molecule has 0 bridgehead atoms. The Bertz CT molecular complexity index is 293. The first-order valence-corrected chi connectivity index (χ1v) is 7.83. The van der Waals surface area contributed by atoms with E-state index in [0.29, 0.717) is 6.04 Å². The summed E-state index contributed by atoms with van der Waals surface area (Å²) < 4.78 is 5.35. The van der Waals surface area contributed by atoms with Crippen LogP contribution in [0.4, 0.5) is 0 Å². The van der Waals surface area contributed by atoms with Gasteiger partial charge in [0.1, 0.15) is 5.76 Å². The zero-order valence-corrected chi connectivity index (χ0v) is 11.5. The molecule has 1 atom stereocenters. The molecule has 1 aromatic rings. The molecule has 96 valence electrons. The van der Waals surface area contributed by atoms with Crippen molar-refractivity contribution in [3.63, 3.8) is 0 Å². The van der Waals surface area contributed by atoms with Crippen LogP contribution >= 0.6 is 11.8 Å². The van der Waals surface area contributed by atoms with E-state index in [4.69, 9.17) is 4.42 Å². The van der Waals surface area contributed by atoms with Crippen molar-refractivity contribution in [2.24, 2.45) is 5.92 Å². The molecule has 0 aliphatic carbocycles. The number of nitrogens with one attached hydrogen (secondary N) is 1. The maximum atomic E-state index is 5.35. The number of aryl methyl sites for hydroxylation is 1. The molecular weight excluding hydrogens is 230 g/mol. The van der Waals surface area contributed by atoms with Crippen LogP contribution in [0.1, 0.15) is 31.9 Å². The Morgan fingerprint density at radius 3 is 3.00 bits per heavy atom. The van der Waals surface area contributed by atoms with Gasteiger partial charge in [-0.05, 0) is 62.3 Å². The van der Waals surface area contributed by atoms with E-state index in [9.17, 15) is 0 Å². The number of furan rings is 1. The highest BCUT2D eigenvalue weighted by molar-refractivity contribution is 7.99. The van der Waals surface area contributed by atoms with Crippen molar-refractivity contribution in [2.45, 2.75) is 38.6 Å². The van der Waals surface area contributed by atoms with Gasteiger partial charge in [0.05, 0.1) is 6.26 Å². The second-order valence-electron chi connectivity index (χ2n) is 4.98. The molecule has 2 heterocycles. The van der Waals surface area contributed by atoms with Gasteiger partial charge in [-0.15, -0.1) is 0 Å². The lowest BCUT2D eigenvalue weighted by Gasteiger charge is -2.23. The molecule has 2 rings (SSSR count). The van der Waals surface area contributed by atoms with Crippen molar-refractivity contribution >= 4 is 11.8 Å². The zero-order chi connectivity index (χ0) is 11.9. The van der Waals surface area contributed by atoms with Gasteiger partial charge in [0.2, 0.25) is 0 Å². The average molecular weight is 253 g/mol. The van der Waals surface area contributed by atoms with Gasteiger partial charge in [-0.25, -0.2) is 0 Å². The highest BCUT2D eigenvalue weighted by Crippen LogP contribution is 2.22. The first kappa shape index (κ1) is 13.0. The lowest BCUT2D eigenvalue weighted by molar-refractivity contribution is 0.398. The molecule has 1 aliphatic rings. The molecule has 1 aromatic heterocycles. The Kier molecular flexibility index (Phi) is 5.46. The number of thioether (sulfide) groups is 1. The lowest BCUT2D eigenvalue weighted by atomic mass is 10.0. The van der Waals surface area contributed by atoms with Crippen LogP contribution in [-0.4, -0.2) is 24.1 Å². The molecule has 1 saturated heterocycles. The van der Waals surface area contributed by atoms with Crippen LogP contribution in [0, 0.1) is 5.92 Å². The van der Waals surface area contributed by atoms with E-state index < -0.39 is 0 Å². The van der Waals surface area contributed by atoms with Crippen LogP contribution in [0.2, 0.25) is 0 Å². The predicted octanol–water partition coefficient (Wildman–Crippen LogP) is 3.33. The predicted molar refractivity (Wildman–Crippen MR) is 74.5 cm³/mol. The molecule has 0 saturated carbocycles. The van der Waals surface area contributed by atoms with Crippen molar-refractivity contribution in [1.82, 2.24) is 5.32 Å². The number of hydrogen-bond acceptors (Lipinski definition) is 3. The van der Waals surface area contributed by atoms with Crippen molar-refractivity contribution < 1.29 is 4.42 Å². The van der Waals surface area contributed by atoms with E-state index in [1.54, 1.807) is 6.26 Å². The van der Waals surface area contributed by atoms with Gasteiger partial charge in [-0.1, -0.05) is 0 Å². The van der Waals surface area contributed by atoms with E-state index >= 15 is 0 Å². The molecule has 1 unspecified atom stereocenters. The number of rotatable bonds is 6. The molecule has 0 amide bonds. The minimum atomic E-state index is 0.592. The minimum Gasteiger partial charge on any atom is -0.469 e. The average Bonchev–Trinajstić information content (AvgIpc) is 2.88. The fraction of sp³-hybridized carbons (Fsp3) is 0.714. The van der Waals surface area contributed by atoms with Gasteiger partial charge in [-0.3, -0.25) is 0 Å². The first-order valence-electron chi connectivity index (χ1n) is 6.68. The van der Waals surface area contributed by atoms with Crippen molar-refractivity contribution in [3.8, 4) is 0 Å². The van der Waals surface area contributed by atoms with Crippen LogP contribution in [0.5, 0.6) is 0 Å². The summed E-state index contributed by atoms with van der Waals surface area (Å²) in [5.41, 5.74) is 0. The minimum absolute atomic E-state index is 0.592. The third kappa shape index (κ3) is 4.76. The molecule has 1 fully saturated rings. The Labute approximate surface area is 109 Å². The van der Waals surface area contributed by atoms with Crippen LogP contribution < -0.4 is 5.32 Å². The second-order valence-corrected chi connectivity index (χ2v) is 6.21. The van der Waals surface area contributed by atoms with Gasteiger partial charge in [0.25, 0.3) is 0 Å². The monoisotopic (exact) mass is 253 g/mol. The fourth-order valence-electron chi connectivity index (χ4n) is 2.23. The summed E-state index contributed by atoms with van der Waals surface area (Å²) in [6.45, 7) is 3.47. The lowest BCUT2D eigenvalue weighted by Crippen LogP contribution is -2.32. The largest absolute Gasteiger partial charge is 0.469 e. The van der Waals surface area contributed by atoms with Gasteiger partial charge in [0, 0.05) is 12.5 Å².